The van der Waals surface area contributed by atoms with E-state index in [2.05, 4.69) is 6.58 Å². The van der Waals surface area contributed by atoms with Crippen LogP contribution in [0.15, 0.2) is 24.3 Å². The second kappa shape index (κ2) is 3.51. The molecule has 0 aromatic rings. The molecule has 0 saturated carbocycles. The van der Waals surface area contributed by atoms with Gasteiger partial charge in [0.2, 0.25) is 0 Å². The zero-order valence-electron chi connectivity index (χ0n) is 7.77. The van der Waals surface area contributed by atoms with E-state index in [1.54, 1.807) is 12.2 Å². The lowest BCUT2D eigenvalue weighted by Gasteiger charge is -2.21. The van der Waals surface area contributed by atoms with Gasteiger partial charge in [0.15, 0.2) is 5.78 Å². The Morgan fingerprint density at radius 1 is 1.45 bits per heavy atom. The van der Waals surface area contributed by atoms with Crippen LogP contribution in [0.2, 0.25) is 0 Å². The van der Waals surface area contributed by atoms with E-state index in [4.69, 9.17) is 0 Å². The van der Waals surface area contributed by atoms with E-state index in [-0.39, 0.29) is 5.78 Å². The van der Waals surface area contributed by atoms with E-state index in [0.717, 1.165) is 5.57 Å². The third-order valence-electron chi connectivity index (χ3n) is 2.00. The Hall–Kier alpha value is -0.850. The molecule has 0 radical (unpaired) electrons. The molecule has 11 heavy (non-hydrogen) atoms. The van der Waals surface area contributed by atoms with Gasteiger partial charge in [-0.2, -0.15) is 0 Å². The number of carbonyl (C=O) groups excluding carboxylic acids is 1. The Morgan fingerprint density at radius 3 is 2.18 bits per heavy atom. The van der Waals surface area contributed by atoms with Crippen LogP contribution in [-0.4, -0.2) is 5.78 Å². The molecule has 62 valence electrons. The molecule has 0 aliphatic heterocycles. The Morgan fingerprint density at radius 2 is 1.91 bits per heavy atom. The summed E-state index contributed by atoms with van der Waals surface area (Å²) in [6.07, 6.45) is 3.35. The molecule has 0 bridgehead atoms. The summed E-state index contributed by atoms with van der Waals surface area (Å²) in [5.41, 5.74) is 0.493. The summed E-state index contributed by atoms with van der Waals surface area (Å²) in [7, 11) is 0. The van der Waals surface area contributed by atoms with Crippen molar-refractivity contribution < 1.29 is 4.79 Å². The topological polar surface area (TPSA) is 17.1 Å². The predicted octanol–water partition coefficient (Wildman–Crippen LogP) is 2.73. The first kappa shape index (κ1) is 10.2. The third kappa shape index (κ3) is 2.34. The van der Waals surface area contributed by atoms with Crippen molar-refractivity contribution in [2.45, 2.75) is 27.7 Å². The Labute approximate surface area is 68.8 Å². The van der Waals surface area contributed by atoms with E-state index in [1.165, 1.54) is 0 Å². The maximum Gasteiger partial charge on any atom is 0.164 e. The summed E-state index contributed by atoms with van der Waals surface area (Å²) >= 11 is 0. The first-order chi connectivity index (χ1) is 4.92. The first-order valence-electron chi connectivity index (χ1n) is 3.76. The van der Waals surface area contributed by atoms with Crippen molar-refractivity contribution in [2.75, 3.05) is 0 Å². The lowest BCUT2D eigenvalue weighted by molar-refractivity contribution is -0.120. The first-order valence-corrected chi connectivity index (χ1v) is 3.76. The van der Waals surface area contributed by atoms with E-state index >= 15 is 0 Å². The number of allylic oxidation sites excluding steroid dienone is 3. The second-order valence-electron chi connectivity index (χ2n) is 3.27. The number of rotatable bonds is 3. The smallest absolute Gasteiger partial charge is 0.164 e. The molecule has 0 aromatic heterocycles. The van der Waals surface area contributed by atoms with Crippen LogP contribution >= 0.6 is 0 Å². The molecule has 0 fully saturated rings. The number of hydrogen-bond donors (Lipinski definition) is 0. The maximum absolute atomic E-state index is 11.4. The summed E-state index contributed by atoms with van der Waals surface area (Å²) < 4.78 is 0. The lowest BCUT2D eigenvalue weighted by Crippen LogP contribution is -2.22. The zero-order valence-corrected chi connectivity index (χ0v) is 7.77. The van der Waals surface area contributed by atoms with Gasteiger partial charge in [-0.3, -0.25) is 4.79 Å². The molecule has 0 N–H and O–H groups in total. The van der Waals surface area contributed by atoms with Crippen molar-refractivity contribution in [1.29, 1.82) is 0 Å². The Balaban J connectivity index is 4.56. The minimum atomic E-state index is -0.410. The number of ketones is 1. The van der Waals surface area contributed by atoms with Crippen molar-refractivity contribution in [1.82, 2.24) is 0 Å². The highest BCUT2D eigenvalue weighted by Gasteiger charge is 2.25. The quantitative estimate of drug-likeness (QED) is 0.449. The Kier molecular flexibility index (Phi) is 3.24. The van der Waals surface area contributed by atoms with Gasteiger partial charge in [0.25, 0.3) is 0 Å². The molecule has 0 aliphatic rings. The maximum atomic E-state index is 11.4. The molecule has 0 aromatic carbocycles. The molecule has 0 spiro atoms. The molecule has 0 amide bonds. The van der Waals surface area contributed by atoms with E-state index in [9.17, 15) is 4.79 Å². The summed E-state index contributed by atoms with van der Waals surface area (Å²) in [6.45, 7) is 11.3. The highest BCUT2D eigenvalue weighted by atomic mass is 16.1. The molecule has 1 heteroatoms. The van der Waals surface area contributed by atoms with Crippen LogP contribution in [-0.2, 0) is 4.79 Å². The average molecular weight is 152 g/mol. The number of carbonyl (C=O) groups is 1. The van der Waals surface area contributed by atoms with Crippen molar-refractivity contribution in [2.24, 2.45) is 5.41 Å². The van der Waals surface area contributed by atoms with Crippen molar-refractivity contribution >= 4 is 5.78 Å². The van der Waals surface area contributed by atoms with Crippen LogP contribution < -0.4 is 0 Å². The molecule has 0 unspecified atom stereocenters. The fourth-order valence-electron chi connectivity index (χ4n) is 0.570. The van der Waals surface area contributed by atoms with Crippen molar-refractivity contribution in [3.05, 3.63) is 24.3 Å². The van der Waals surface area contributed by atoms with Gasteiger partial charge in [-0.15, -0.1) is 0 Å². The number of hydrogen-bond acceptors (Lipinski definition) is 1. The minimum Gasteiger partial charge on any atom is -0.294 e. The third-order valence-corrected chi connectivity index (χ3v) is 2.00. The highest BCUT2D eigenvalue weighted by molar-refractivity contribution is 5.96. The van der Waals surface area contributed by atoms with Crippen LogP contribution in [0.3, 0.4) is 0 Å². The van der Waals surface area contributed by atoms with Crippen LogP contribution in [0.1, 0.15) is 27.7 Å². The van der Waals surface area contributed by atoms with Crippen LogP contribution in [0.4, 0.5) is 0 Å². The van der Waals surface area contributed by atoms with E-state index in [1.807, 2.05) is 27.7 Å². The predicted molar refractivity (Wildman–Crippen MR) is 48.4 cm³/mol. The molecule has 0 rings (SSSR count). The van der Waals surface area contributed by atoms with Crippen LogP contribution in [0.5, 0.6) is 0 Å². The van der Waals surface area contributed by atoms with Gasteiger partial charge < -0.3 is 0 Å². The van der Waals surface area contributed by atoms with Crippen molar-refractivity contribution in [3.8, 4) is 0 Å². The van der Waals surface area contributed by atoms with Crippen LogP contribution in [0.25, 0.3) is 0 Å². The van der Waals surface area contributed by atoms with Gasteiger partial charge in [-0.1, -0.05) is 18.2 Å². The monoisotopic (exact) mass is 152 g/mol. The highest BCUT2D eigenvalue weighted by Crippen LogP contribution is 2.25. The fourth-order valence-corrected chi connectivity index (χ4v) is 0.570. The lowest BCUT2D eigenvalue weighted by atomic mass is 9.81. The largest absolute Gasteiger partial charge is 0.294 e. The molecule has 0 heterocycles. The molecule has 0 saturated heterocycles. The van der Waals surface area contributed by atoms with Gasteiger partial charge in [0, 0.05) is 5.41 Å². The fraction of sp³-hybridized carbons (Fsp3) is 0.500. The van der Waals surface area contributed by atoms with E-state index in [0.29, 0.717) is 0 Å². The second-order valence-corrected chi connectivity index (χ2v) is 3.27. The normalized spacial score (nSPS) is 12.0. The van der Waals surface area contributed by atoms with Gasteiger partial charge in [-0.05, 0) is 33.8 Å². The molecule has 0 atom stereocenters. The standard InChI is InChI=1S/C10H16O/c1-6-7-9(11)10(4,5)8(2)3/h6-7H,2H2,1,3-5H3. The SMILES string of the molecule is C=C(C)C(C)(C)C(=O)C=CC. The zero-order chi connectivity index (χ0) is 9.07. The van der Waals surface area contributed by atoms with Crippen molar-refractivity contribution in [3.63, 3.8) is 0 Å². The minimum absolute atomic E-state index is 0.118. The van der Waals surface area contributed by atoms with Gasteiger partial charge in [-0.25, -0.2) is 0 Å². The molecule has 1 nitrogen and oxygen atoms in total. The van der Waals surface area contributed by atoms with Gasteiger partial charge >= 0.3 is 0 Å². The van der Waals surface area contributed by atoms with E-state index < -0.39 is 5.41 Å². The Bertz CT molecular complexity index is 197. The summed E-state index contributed by atoms with van der Waals surface area (Å²) in [5.74, 6) is 0.118. The van der Waals surface area contributed by atoms with Gasteiger partial charge in [0.05, 0.1) is 0 Å². The summed E-state index contributed by atoms with van der Waals surface area (Å²) in [5, 5.41) is 0. The summed E-state index contributed by atoms with van der Waals surface area (Å²) in [6, 6.07) is 0. The van der Waals surface area contributed by atoms with Crippen LogP contribution in [0, 0.1) is 5.41 Å². The van der Waals surface area contributed by atoms with Gasteiger partial charge in [0.1, 0.15) is 0 Å². The molecule has 0 aliphatic carbocycles. The summed E-state index contributed by atoms with van der Waals surface area (Å²) in [4.78, 5) is 11.4. The molecular formula is C10H16O. The molecular weight excluding hydrogens is 136 g/mol. The average Bonchev–Trinajstić information content (AvgIpc) is 1.88.